The molecule has 0 saturated carbocycles. The molecule has 0 atom stereocenters. The number of benzene rings is 4. The molecule has 0 bridgehead atoms. The lowest BCUT2D eigenvalue weighted by Gasteiger charge is -2.21. The highest BCUT2D eigenvalue weighted by Crippen LogP contribution is 2.35. The highest BCUT2D eigenvalue weighted by Gasteiger charge is 2.23. The van der Waals surface area contributed by atoms with Gasteiger partial charge in [-0.15, -0.1) is 0 Å². The summed E-state index contributed by atoms with van der Waals surface area (Å²) >= 11 is 0. The summed E-state index contributed by atoms with van der Waals surface area (Å²) in [7, 11) is 0. The van der Waals surface area contributed by atoms with Crippen LogP contribution in [0, 0.1) is 0 Å². The maximum absolute atomic E-state index is 6.47. The number of para-hydroxylation sites is 3. The van der Waals surface area contributed by atoms with Crippen LogP contribution in [0.1, 0.15) is 26.6 Å². The molecule has 4 aromatic heterocycles. The lowest BCUT2D eigenvalue weighted by Crippen LogP contribution is -2.19. The van der Waals surface area contributed by atoms with Crippen molar-refractivity contribution in [1.82, 2.24) is 23.9 Å². The van der Waals surface area contributed by atoms with Crippen LogP contribution >= 0.6 is 0 Å². The Morgan fingerprint density at radius 2 is 1.39 bits per heavy atom. The van der Waals surface area contributed by atoms with Gasteiger partial charge in [-0.1, -0.05) is 57.2 Å². The van der Waals surface area contributed by atoms with Crippen molar-refractivity contribution in [3.05, 3.63) is 115 Å². The van der Waals surface area contributed by atoms with Crippen LogP contribution in [0.25, 0.3) is 55.2 Å². The Labute approximate surface area is 236 Å². The molecule has 0 N–H and O–H groups in total. The van der Waals surface area contributed by atoms with Gasteiger partial charge in [0.1, 0.15) is 28.6 Å². The Kier molecular flexibility index (Phi) is 4.98. The molecule has 198 valence electrons. The summed E-state index contributed by atoms with van der Waals surface area (Å²) in [5, 5.41) is 3.26. The SMILES string of the molecule is CC(C)(C)c1nc2ccc(Oc3cccc(-n4c5ccccc5c5cccnc54)c3)cc2c2nc3ccccc3n12. The van der Waals surface area contributed by atoms with Crippen molar-refractivity contribution < 1.29 is 4.74 Å². The summed E-state index contributed by atoms with van der Waals surface area (Å²) in [5.74, 6) is 2.46. The number of fused-ring (bicyclic) bond motifs is 8. The summed E-state index contributed by atoms with van der Waals surface area (Å²) in [6.45, 7) is 6.56. The van der Waals surface area contributed by atoms with Crippen LogP contribution in [0.15, 0.2) is 109 Å². The van der Waals surface area contributed by atoms with Gasteiger partial charge in [-0.25, -0.2) is 15.0 Å². The molecule has 0 radical (unpaired) electrons. The number of ether oxygens (including phenoxy) is 1. The Bertz CT molecular complexity index is 2230. The Morgan fingerprint density at radius 3 is 2.27 bits per heavy atom. The van der Waals surface area contributed by atoms with Crippen LogP contribution in [0.3, 0.4) is 0 Å². The topological polar surface area (TPSA) is 57.2 Å². The van der Waals surface area contributed by atoms with E-state index in [1.54, 1.807) is 0 Å². The molecule has 41 heavy (non-hydrogen) atoms. The summed E-state index contributed by atoms with van der Waals surface area (Å²) in [4.78, 5) is 14.9. The van der Waals surface area contributed by atoms with Gasteiger partial charge in [0.15, 0.2) is 0 Å². The molecule has 4 aromatic carbocycles. The van der Waals surface area contributed by atoms with Crippen molar-refractivity contribution in [2.45, 2.75) is 26.2 Å². The van der Waals surface area contributed by atoms with Crippen molar-refractivity contribution in [3.63, 3.8) is 0 Å². The van der Waals surface area contributed by atoms with Crippen LogP contribution in [0.2, 0.25) is 0 Å². The lowest BCUT2D eigenvalue weighted by molar-refractivity contribution is 0.483. The molecule has 0 aliphatic rings. The van der Waals surface area contributed by atoms with Crippen LogP contribution in [0.4, 0.5) is 0 Å². The fraction of sp³-hybridized carbons (Fsp3) is 0.114. The van der Waals surface area contributed by atoms with E-state index in [-0.39, 0.29) is 5.41 Å². The van der Waals surface area contributed by atoms with Gasteiger partial charge in [-0.2, -0.15) is 0 Å². The molecule has 0 amide bonds. The van der Waals surface area contributed by atoms with Gasteiger partial charge in [-0.05, 0) is 60.7 Å². The summed E-state index contributed by atoms with van der Waals surface area (Å²) < 4.78 is 10.9. The van der Waals surface area contributed by atoms with Gasteiger partial charge < -0.3 is 4.74 Å². The fourth-order valence-electron chi connectivity index (χ4n) is 5.82. The van der Waals surface area contributed by atoms with Crippen molar-refractivity contribution in [2.24, 2.45) is 0 Å². The molecule has 8 aromatic rings. The van der Waals surface area contributed by atoms with E-state index in [0.717, 1.165) is 67.1 Å². The second-order valence-electron chi connectivity index (χ2n) is 11.5. The third kappa shape index (κ3) is 3.68. The standard InChI is InChI=1S/C35H27N5O/c1-35(2,3)34-38-28-18-17-24(21-27(28)33-37-29-14-5-7-16-31(29)40(33)34)41-23-11-8-10-22(20-23)39-30-15-6-4-12-25(30)26-13-9-19-36-32(26)39/h4-21H,1-3H3. The van der Waals surface area contributed by atoms with Crippen LogP contribution < -0.4 is 4.74 Å². The van der Waals surface area contributed by atoms with Gasteiger partial charge in [-0.3, -0.25) is 8.97 Å². The quantitative estimate of drug-likeness (QED) is 0.228. The molecular formula is C35H27N5O. The van der Waals surface area contributed by atoms with Gasteiger partial charge >= 0.3 is 0 Å². The average molecular weight is 534 g/mol. The number of aromatic nitrogens is 5. The number of hydrogen-bond donors (Lipinski definition) is 0. The number of pyridine rings is 1. The summed E-state index contributed by atoms with van der Waals surface area (Å²) in [6.07, 6.45) is 1.84. The predicted octanol–water partition coefficient (Wildman–Crippen LogP) is 8.62. The number of nitrogens with zero attached hydrogens (tertiary/aromatic N) is 5. The van der Waals surface area contributed by atoms with Crippen LogP contribution in [-0.4, -0.2) is 23.9 Å². The highest BCUT2D eigenvalue weighted by molar-refractivity contribution is 6.07. The normalized spacial score (nSPS) is 12.3. The molecule has 0 fully saturated rings. The van der Waals surface area contributed by atoms with E-state index in [9.17, 15) is 0 Å². The molecule has 0 aliphatic carbocycles. The number of imidazole rings is 1. The zero-order chi connectivity index (χ0) is 27.7. The number of hydrogen-bond acceptors (Lipinski definition) is 4. The largest absolute Gasteiger partial charge is 0.457 e. The fourth-order valence-corrected chi connectivity index (χ4v) is 5.82. The van der Waals surface area contributed by atoms with Crippen LogP contribution in [-0.2, 0) is 5.41 Å². The van der Waals surface area contributed by atoms with Gasteiger partial charge in [0.2, 0.25) is 0 Å². The Morgan fingerprint density at radius 1 is 0.610 bits per heavy atom. The van der Waals surface area contributed by atoms with Crippen LogP contribution in [0.5, 0.6) is 11.5 Å². The molecule has 0 unspecified atom stereocenters. The minimum atomic E-state index is -0.160. The van der Waals surface area contributed by atoms with Crippen molar-refractivity contribution in [2.75, 3.05) is 0 Å². The van der Waals surface area contributed by atoms with Gasteiger partial charge in [0, 0.05) is 33.8 Å². The van der Waals surface area contributed by atoms with Crippen molar-refractivity contribution >= 4 is 49.5 Å². The third-order valence-electron chi connectivity index (χ3n) is 7.62. The minimum absolute atomic E-state index is 0.160. The van der Waals surface area contributed by atoms with E-state index in [4.69, 9.17) is 19.7 Å². The molecular weight excluding hydrogens is 506 g/mol. The third-order valence-corrected chi connectivity index (χ3v) is 7.62. The lowest BCUT2D eigenvalue weighted by atomic mass is 9.95. The molecule has 6 heteroatoms. The maximum Gasteiger partial charge on any atom is 0.149 e. The Hall–Kier alpha value is -5.23. The number of rotatable bonds is 3. The minimum Gasteiger partial charge on any atom is -0.457 e. The molecule has 4 heterocycles. The second kappa shape index (κ2) is 8.63. The highest BCUT2D eigenvalue weighted by atomic mass is 16.5. The zero-order valence-corrected chi connectivity index (χ0v) is 23.0. The van der Waals surface area contributed by atoms with E-state index in [1.807, 2.05) is 54.7 Å². The zero-order valence-electron chi connectivity index (χ0n) is 23.0. The smallest absolute Gasteiger partial charge is 0.149 e. The molecule has 0 saturated heterocycles. The van der Waals surface area contributed by atoms with E-state index in [1.165, 1.54) is 5.39 Å². The first-order valence-electron chi connectivity index (χ1n) is 13.8. The van der Waals surface area contributed by atoms with Gasteiger partial charge in [0.25, 0.3) is 0 Å². The van der Waals surface area contributed by atoms with E-state index in [0.29, 0.717) is 0 Å². The first kappa shape index (κ1) is 23.6. The Balaban J connectivity index is 1.26. The second-order valence-corrected chi connectivity index (χ2v) is 11.5. The van der Waals surface area contributed by atoms with E-state index < -0.39 is 0 Å². The predicted molar refractivity (Wildman–Crippen MR) is 165 cm³/mol. The first-order valence-corrected chi connectivity index (χ1v) is 13.8. The van der Waals surface area contributed by atoms with E-state index >= 15 is 0 Å². The van der Waals surface area contributed by atoms with Gasteiger partial charge in [0.05, 0.1) is 27.8 Å². The molecule has 6 nitrogen and oxygen atoms in total. The molecule has 0 spiro atoms. The summed E-state index contributed by atoms with van der Waals surface area (Å²) in [6, 6.07) is 34.9. The maximum atomic E-state index is 6.47. The average Bonchev–Trinajstić information content (AvgIpc) is 3.53. The van der Waals surface area contributed by atoms with Crippen molar-refractivity contribution in [1.29, 1.82) is 0 Å². The van der Waals surface area contributed by atoms with E-state index in [2.05, 4.69) is 84.3 Å². The summed E-state index contributed by atoms with van der Waals surface area (Å²) in [5.41, 5.74) is 6.66. The first-order chi connectivity index (χ1) is 20.0. The monoisotopic (exact) mass is 533 g/mol. The molecule has 8 rings (SSSR count). The van der Waals surface area contributed by atoms with Crippen molar-refractivity contribution in [3.8, 4) is 17.2 Å². The molecule has 0 aliphatic heterocycles.